The molecule has 0 heterocycles. The maximum atomic E-state index is 11.2. The van der Waals surface area contributed by atoms with Crippen molar-refractivity contribution in [3.05, 3.63) is 27.8 Å². The van der Waals surface area contributed by atoms with Gasteiger partial charge in [-0.2, -0.15) is 0 Å². The molecule has 6 heteroatoms. The van der Waals surface area contributed by atoms with Crippen LogP contribution in [0, 0.1) is 10.1 Å². The van der Waals surface area contributed by atoms with Crippen molar-refractivity contribution >= 4 is 5.69 Å². The van der Waals surface area contributed by atoms with Gasteiger partial charge in [-0.15, -0.1) is 0 Å². The Bertz CT molecular complexity index is 497. The van der Waals surface area contributed by atoms with Gasteiger partial charge in [-0.05, 0) is 44.6 Å². The van der Waals surface area contributed by atoms with Crippen molar-refractivity contribution in [1.82, 2.24) is 0 Å². The minimum absolute atomic E-state index is 0.000203. The first kappa shape index (κ1) is 15.6. The molecular formula is C15H21NO5. The van der Waals surface area contributed by atoms with E-state index in [9.17, 15) is 10.1 Å². The lowest BCUT2D eigenvalue weighted by Gasteiger charge is -2.16. The molecule has 0 aromatic heterocycles. The fourth-order valence-corrected chi connectivity index (χ4v) is 2.67. The lowest BCUT2D eigenvalue weighted by atomic mass is 10.1. The van der Waals surface area contributed by atoms with Gasteiger partial charge in [-0.3, -0.25) is 10.1 Å². The van der Waals surface area contributed by atoms with Crippen LogP contribution in [-0.4, -0.2) is 29.9 Å². The van der Waals surface area contributed by atoms with Crippen LogP contribution in [0.4, 0.5) is 5.69 Å². The van der Waals surface area contributed by atoms with Crippen molar-refractivity contribution in [2.75, 3.05) is 13.7 Å². The molecule has 0 radical (unpaired) electrons. The van der Waals surface area contributed by atoms with Crippen LogP contribution >= 0.6 is 0 Å². The van der Waals surface area contributed by atoms with Gasteiger partial charge < -0.3 is 14.6 Å². The first-order valence-corrected chi connectivity index (χ1v) is 7.28. The lowest BCUT2D eigenvalue weighted by Crippen LogP contribution is -2.12. The molecule has 2 rings (SSSR count). The summed E-state index contributed by atoms with van der Waals surface area (Å²) in [5.74, 6) is 0.948. The number of aliphatic hydroxyl groups excluding tert-OH is 1. The van der Waals surface area contributed by atoms with E-state index < -0.39 is 4.92 Å². The van der Waals surface area contributed by atoms with Crippen LogP contribution in [0.15, 0.2) is 12.1 Å². The molecule has 0 aliphatic heterocycles. The van der Waals surface area contributed by atoms with Gasteiger partial charge in [-0.1, -0.05) is 0 Å². The van der Waals surface area contributed by atoms with E-state index in [0.29, 0.717) is 29.9 Å². The number of aryl methyl sites for hydroxylation is 1. The van der Waals surface area contributed by atoms with E-state index in [0.717, 1.165) is 25.7 Å². The van der Waals surface area contributed by atoms with Gasteiger partial charge in [0.2, 0.25) is 0 Å². The Hall–Kier alpha value is -1.82. The van der Waals surface area contributed by atoms with Crippen molar-refractivity contribution in [1.29, 1.82) is 0 Å². The molecule has 1 aromatic rings. The van der Waals surface area contributed by atoms with Crippen molar-refractivity contribution in [3.8, 4) is 11.5 Å². The van der Waals surface area contributed by atoms with Crippen LogP contribution < -0.4 is 9.47 Å². The largest absolute Gasteiger partial charge is 0.493 e. The number of rotatable bonds is 7. The molecule has 1 N–H and O–H groups in total. The third-order valence-corrected chi connectivity index (χ3v) is 3.76. The fourth-order valence-electron chi connectivity index (χ4n) is 2.67. The summed E-state index contributed by atoms with van der Waals surface area (Å²) in [5, 5.41) is 20.1. The van der Waals surface area contributed by atoms with Crippen LogP contribution in [0.2, 0.25) is 0 Å². The predicted molar refractivity (Wildman–Crippen MR) is 77.9 cm³/mol. The van der Waals surface area contributed by atoms with Gasteiger partial charge >= 0.3 is 0 Å². The zero-order chi connectivity index (χ0) is 15.2. The molecule has 1 aliphatic carbocycles. The first-order chi connectivity index (χ1) is 10.2. The Kier molecular flexibility index (Phi) is 5.38. The average Bonchev–Trinajstić information content (AvgIpc) is 2.98. The van der Waals surface area contributed by atoms with Crippen molar-refractivity contribution in [2.45, 2.75) is 44.6 Å². The molecule has 0 amide bonds. The second kappa shape index (κ2) is 7.26. The number of aliphatic hydroxyl groups is 1. The first-order valence-electron chi connectivity index (χ1n) is 7.28. The summed E-state index contributed by atoms with van der Waals surface area (Å²) in [6.07, 6.45) is 5.24. The third kappa shape index (κ3) is 3.85. The topological polar surface area (TPSA) is 81.8 Å². The summed E-state index contributed by atoms with van der Waals surface area (Å²) in [5.41, 5.74) is 0.585. The molecule has 0 atom stereocenters. The van der Waals surface area contributed by atoms with Gasteiger partial charge in [0.1, 0.15) is 0 Å². The number of methoxy groups -OCH3 is 1. The molecule has 0 spiro atoms. The molecule has 0 saturated heterocycles. The highest BCUT2D eigenvalue weighted by molar-refractivity contribution is 5.54. The molecule has 1 fully saturated rings. The van der Waals surface area contributed by atoms with Gasteiger partial charge in [-0.25, -0.2) is 0 Å². The Morgan fingerprint density at radius 2 is 2.05 bits per heavy atom. The molecule has 1 aromatic carbocycles. The smallest absolute Gasteiger partial charge is 0.276 e. The Morgan fingerprint density at radius 3 is 2.62 bits per heavy atom. The molecule has 1 saturated carbocycles. The number of benzene rings is 1. The van der Waals surface area contributed by atoms with E-state index in [1.807, 2.05) is 0 Å². The van der Waals surface area contributed by atoms with E-state index in [4.69, 9.17) is 14.6 Å². The highest BCUT2D eigenvalue weighted by Gasteiger charge is 2.23. The highest BCUT2D eigenvalue weighted by atomic mass is 16.6. The minimum atomic E-state index is -0.409. The molecule has 21 heavy (non-hydrogen) atoms. The highest BCUT2D eigenvalue weighted by Crippen LogP contribution is 2.37. The van der Waals surface area contributed by atoms with E-state index >= 15 is 0 Å². The Balaban J connectivity index is 2.30. The maximum absolute atomic E-state index is 11.2. The zero-order valence-electron chi connectivity index (χ0n) is 12.2. The van der Waals surface area contributed by atoms with Crippen molar-refractivity contribution in [3.63, 3.8) is 0 Å². The second-order valence-electron chi connectivity index (χ2n) is 5.24. The van der Waals surface area contributed by atoms with E-state index in [1.165, 1.54) is 13.2 Å². The number of nitro benzene ring substituents is 1. The quantitative estimate of drug-likeness (QED) is 0.618. The number of hydrogen-bond donors (Lipinski definition) is 1. The Labute approximate surface area is 123 Å². The van der Waals surface area contributed by atoms with Gasteiger partial charge in [0.15, 0.2) is 11.5 Å². The standard InChI is InChI=1S/C15H21NO5/c1-20-14-9-11(5-4-8-17)13(16(18)19)10-15(14)21-12-6-2-3-7-12/h9-10,12,17H,2-8H2,1H3. The molecule has 6 nitrogen and oxygen atoms in total. The number of nitro groups is 1. The van der Waals surface area contributed by atoms with Crippen LogP contribution in [0.3, 0.4) is 0 Å². The number of nitrogens with zero attached hydrogens (tertiary/aromatic N) is 1. The maximum Gasteiger partial charge on any atom is 0.276 e. The van der Waals surface area contributed by atoms with E-state index in [-0.39, 0.29) is 18.4 Å². The summed E-state index contributed by atoms with van der Waals surface area (Å²) >= 11 is 0. The van der Waals surface area contributed by atoms with Crippen LogP contribution in [0.5, 0.6) is 11.5 Å². The molecular weight excluding hydrogens is 274 g/mol. The monoisotopic (exact) mass is 295 g/mol. The van der Waals surface area contributed by atoms with Gasteiger partial charge in [0.05, 0.1) is 24.2 Å². The normalized spacial score (nSPS) is 15.1. The predicted octanol–water partition coefficient (Wildman–Crippen LogP) is 2.85. The fraction of sp³-hybridized carbons (Fsp3) is 0.600. The number of hydrogen-bond acceptors (Lipinski definition) is 5. The van der Waals surface area contributed by atoms with Crippen LogP contribution in [-0.2, 0) is 6.42 Å². The SMILES string of the molecule is COc1cc(CCCO)c([N+](=O)[O-])cc1OC1CCCC1. The zero-order valence-corrected chi connectivity index (χ0v) is 12.2. The van der Waals surface area contributed by atoms with Crippen molar-refractivity contribution in [2.24, 2.45) is 0 Å². The average molecular weight is 295 g/mol. The second-order valence-corrected chi connectivity index (χ2v) is 5.24. The van der Waals surface area contributed by atoms with Crippen molar-refractivity contribution < 1.29 is 19.5 Å². The molecule has 0 bridgehead atoms. The minimum Gasteiger partial charge on any atom is -0.493 e. The molecule has 0 unspecified atom stereocenters. The van der Waals surface area contributed by atoms with Crippen LogP contribution in [0.1, 0.15) is 37.7 Å². The number of ether oxygens (including phenoxy) is 2. The summed E-state index contributed by atoms with van der Waals surface area (Å²) < 4.78 is 11.2. The third-order valence-electron chi connectivity index (χ3n) is 3.76. The van der Waals surface area contributed by atoms with Gasteiger partial charge in [0.25, 0.3) is 5.69 Å². The molecule has 1 aliphatic rings. The van der Waals surface area contributed by atoms with Crippen LogP contribution in [0.25, 0.3) is 0 Å². The lowest BCUT2D eigenvalue weighted by molar-refractivity contribution is -0.385. The van der Waals surface area contributed by atoms with E-state index in [1.54, 1.807) is 6.07 Å². The summed E-state index contributed by atoms with van der Waals surface area (Å²) in [4.78, 5) is 10.8. The molecule has 116 valence electrons. The Morgan fingerprint density at radius 1 is 1.33 bits per heavy atom. The summed E-state index contributed by atoms with van der Waals surface area (Å²) in [7, 11) is 1.53. The van der Waals surface area contributed by atoms with Gasteiger partial charge in [0, 0.05) is 12.2 Å². The van der Waals surface area contributed by atoms with E-state index in [2.05, 4.69) is 0 Å². The summed E-state index contributed by atoms with van der Waals surface area (Å²) in [6.45, 7) is -0.000203. The summed E-state index contributed by atoms with van der Waals surface area (Å²) in [6, 6.07) is 3.10.